The van der Waals surface area contributed by atoms with Gasteiger partial charge in [0.1, 0.15) is 0 Å². The number of aromatic nitrogens is 1. The second-order valence-corrected chi connectivity index (χ2v) is 10.6. The number of benzene rings is 2. The minimum atomic E-state index is -3.68. The van der Waals surface area contributed by atoms with Crippen LogP contribution in [-0.4, -0.2) is 43.8 Å². The molecule has 0 spiro atoms. The fourth-order valence-corrected chi connectivity index (χ4v) is 5.37. The Bertz CT molecular complexity index is 1400. The summed E-state index contributed by atoms with van der Waals surface area (Å²) < 4.78 is 55.8. The zero-order chi connectivity index (χ0) is 25.2. The standard InChI is InChI=1S/C25H27F2N3O4S/c1-25(26,27)21-16-23(31)29-22-10-7-18(15-20(21)22)14-17-5-8-19(9-6-17)35(33,34)28-11-3-13-30-12-2-4-24(30)32/h5-10,15-16,28H,2-4,11-14H2,1H3,(H,29,31). The molecule has 0 saturated carbocycles. The summed E-state index contributed by atoms with van der Waals surface area (Å²) in [6.45, 7) is 2.25. The number of aromatic amines is 1. The van der Waals surface area contributed by atoms with E-state index in [1.165, 1.54) is 12.1 Å². The van der Waals surface area contributed by atoms with Crippen molar-refractivity contribution in [3.8, 4) is 0 Å². The predicted molar refractivity (Wildman–Crippen MR) is 129 cm³/mol. The van der Waals surface area contributed by atoms with E-state index in [1.807, 2.05) is 0 Å². The molecule has 10 heteroatoms. The van der Waals surface area contributed by atoms with E-state index >= 15 is 0 Å². The molecule has 186 valence electrons. The van der Waals surface area contributed by atoms with Gasteiger partial charge in [0.2, 0.25) is 21.5 Å². The van der Waals surface area contributed by atoms with Crippen molar-refractivity contribution >= 4 is 26.8 Å². The van der Waals surface area contributed by atoms with Gasteiger partial charge in [-0.15, -0.1) is 0 Å². The third-order valence-corrected chi connectivity index (χ3v) is 7.57. The number of carbonyl (C=O) groups excluding carboxylic acids is 1. The van der Waals surface area contributed by atoms with Crippen molar-refractivity contribution in [2.45, 2.75) is 43.4 Å². The van der Waals surface area contributed by atoms with Gasteiger partial charge in [0.05, 0.1) is 4.90 Å². The van der Waals surface area contributed by atoms with Crippen molar-refractivity contribution in [1.29, 1.82) is 0 Å². The monoisotopic (exact) mass is 503 g/mol. The van der Waals surface area contributed by atoms with E-state index in [9.17, 15) is 26.8 Å². The van der Waals surface area contributed by atoms with Gasteiger partial charge in [-0.2, -0.15) is 0 Å². The van der Waals surface area contributed by atoms with Gasteiger partial charge < -0.3 is 9.88 Å². The molecule has 1 fully saturated rings. The highest BCUT2D eigenvalue weighted by Crippen LogP contribution is 2.32. The van der Waals surface area contributed by atoms with Crippen LogP contribution in [0.2, 0.25) is 0 Å². The van der Waals surface area contributed by atoms with Gasteiger partial charge in [-0.1, -0.05) is 18.2 Å². The van der Waals surface area contributed by atoms with Crippen molar-refractivity contribution in [2.24, 2.45) is 0 Å². The fraction of sp³-hybridized carbons (Fsp3) is 0.360. The number of pyridine rings is 1. The average Bonchev–Trinajstić information content (AvgIpc) is 3.21. The Balaban J connectivity index is 1.42. The molecule has 2 heterocycles. The van der Waals surface area contributed by atoms with Crippen LogP contribution in [0, 0.1) is 0 Å². The zero-order valence-electron chi connectivity index (χ0n) is 19.3. The number of rotatable bonds is 9. The number of halogens is 2. The number of sulfonamides is 1. The lowest BCUT2D eigenvalue weighted by Gasteiger charge is -2.15. The number of likely N-dealkylation sites (tertiary alicyclic amines) is 1. The first-order valence-corrected chi connectivity index (χ1v) is 12.9. The Labute approximate surface area is 202 Å². The summed E-state index contributed by atoms with van der Waals surface area (Å²) in [7, 11) is -3.68. The number of fused-ring (bicyclic) bond motifs is 1. The number of nitrogens with zero attached hydrogens (tertiary/aromatic N) is 1. The molecule has 1 amide bonds. The molecule has 0 atom stereocenters. The molecule has 35 heavy (non-hydrogen) atoms. The van der Waals surface area contributed by atoms with Crippen LogP contribution in [0.1, 0.15) is 42.9 Å². The van der Waals surface area contributed by atoms with Crippen LogP contribution in [0.25, 0.3) is 10.9 Å². The Morgan fingerprint density at radius 2 is 1.77 bits per heavy atom. The molecule has 1 aliphatic rings. The van der Waals surface area contributed by atoms with Crippen molar-refractivity contribution in [2.75, 3.05) is 19.6 Å². The maximum atomic E-state index is 14.1. The van der Waals surface area contributed by atoms with E-state index in [0.717, 1.165) is 37.1 Å². The van der Waals surface area contributed by atoms with Crippen LogP contribution >= 0.6 is 0 Å². The zero-order valence-corrected chi connectivity index (χ0v) is 20.1. The first-order chi connectivity index (χ1) is 16.5. The van der Waals surface area contributed by atoms with Gasteiger partial charge >= 0.3 is 0 Å². The van der Waals surface area contributed by atoms with Crippen molar-refractivity contribution < 1.29 is 22.0 Å². The van der Waals surface area contributed by atoms with Crippen LogP contribution in [0.4, 0.5) is 8.78 Å². The molecule has 0 unspecified atom stereocenters. The minimum absolute atomic E-state index is 0.114. The van der Waals surface area contributed by atoms with E-state index < -0.39 is 21.5 Å². The minimum Gasteiger partial charge on any atom is -0.343 e. The largest absolute Gasteiger partial charge is 0.343 e. The lowest BCUT2D eigenvalue weighted by molar-refractivity contribution is -0.127. The van der Waals surface area contributed by atoms with Crippen molar-refractivity contribution in [3.63, 3.8) is 0 Å². The van der Waals surface area contributed by atoms with E-state index in [2.05, 4.69) is 9.71 Å². The summed E-state index contributed by atoms with van der Waals surface area (Å²) in [5.74, 6) is -3.05. The number of carbonyl (C=O) groups is 1. The third-order valence-electron chi connectivity index (χ3n) is 6.09. The summed E-state index contributed by atoms with van der Waals surface area (Å²) in [5.41, 5.74) is 0.973. The molecular weight excluding hydrogens is 476 g/mol. The van der Waals surface area contributed by atoms with Crippen LogP contribution in [-0.2, 0) is 27.2 Å². The van der Waals surface area contributed by atoms with Crippen LogP contribution in [0.15, 0.2) is 58.2 Å². The summed E-state index contributed by atoms with van der Waals surface area (Å²) >= 11 is 0. The molecule has 0 bridgehead atoms. The second-order valence-electron chi connectivity index (χ2n) is 8.87. The third kappa shape index (κ3) is 5.94. The van der Waals surface area contributed by atoms with Gasteiger partial charge in [-0.05, 0) is 54.7 Å². The molecule has 4 rings (SSSR count). The predicted octanol–water partition coefficient (Wildman–Crippen LogP) is 3.52. The van der Waals surface area contributed by atoms with Gasteiger partial charge in [0.15, 0.2) is 0 Å². The normalized spacial score (nSPS) is 14.7. The molecule has 1 saturated heterocycles. The highest BCUT2D eigenvalue weighted by molar-refractivity contribution is 7.89. The Morgan fingerprint density at radius 3 is 2.43 bits per heavy atom. The molecule has 0 aliphatic carbocycles. The number of hydrogen-bond donors (Lipinski definition) is 2. The summed E-state index contributed by atoms with van der Waals surface area (Å²) in [6, 6.07) is 12.3. The maximum absolute atomic E-state index is 14.1. The molecular formula is C25H27F2N3O4S. The topological polar surface area (TPSA) is 99.3 Å². The smallest absolute Gasteiger partial charge is 0.271 e. The quantitative estimate of drug-likeness (QED) is 0.437. The number of H-pyrrole nitrogens is 1. The van der Waals surface area contributed by atoms with Gasteiger partial charge in [-0.3, -0.25) is 9.59 Å². The Morgan fingerprint density at radius 1 is 1.06 bits per heavy atom. The van der Waals surface area contributed by atoms with E-state index in [1.54, 1.807) is 35.2 Å². The summed E-state index contributed by atoms with van der Waals surface area (Å²) in [6.07, 6.45) is 2.35. The van der Waals surface area contributed by atoms with Gasteiger partial charge in [0.25, 0.3) is 5.92 Å². The second kappa shape index (κ2) is 9.87. The Hall–Kier alpha value is -3.11. The molecule has 1 aliphatic heterocycles. The Kier molecular flexibility index (Phi) is 7.05. The first-order valence-electron chi connectivity index (χ1n) is 11.4. The number of hydrogen-bond acceptors (Lipinski definition) is 4. The highest BCUT2D eigenvalue weighted by Gasteiger charge is 2.27. The molecule has 0 radical (unpaired) electrons. The van der Waals surface area contributed by atoms with E-state index in [4.69, 9.17) is 0 Å². The lowest BCUT2D eigenvalue weighted by atomic mass is 9.99. The van der Waals surface area contributed by atoms with Crippen LogP contribution < -0.4 is 10.3 Å². The SMILES string of the molecule is CC(F)(F)c1cc(=O)[nH]c2ccc(Cc3ccc(S(=O)(=O)NCCCN4CCCC4=O)cc3)cc12. The summed E-state index contributed by atoms with van der Waals surface area (Å²) in [5, 5.41) is 0.272. The van der Waals surface area contributed by atoms with Crippen molar-refractivity contribution in [3.05, 3.63) is 75.6 Å². The van der Waals surface area contributed by atoms with Crippen molar-refractivity contribution in [1.82, 2.24) is 14.6 Å². The molecule has 2 N–H and O–H groups in total. The van der Waals surface area contributed by atoms with E-state index in [0.29, 0.717) is 31.3 Å². The average molecular weight is 504 g/mol. The fourth-order valence-electron chi connectivity index (χ4n) is 4.30. The van der Waals surface area contributed by atoms with Gasteiger partial charge in [0, 0.05) is 55.5 Å². The number of alkyl halides is 2. The molecule has 7 nitrogen and oxygen atoms in total. The molecule has 3 aromatic rings. The van der Waals surface area contributed by atoms with Gasteiger partial charge in [-0.25, -0.2) is 21.9 Å². The highest BCUT2D eigenvalue weighted by atomic mass is 32.2. The van der Waals surface area contributed by atoms with E-state index in [-0.39, 0.29) is 28.3 Å². The van der Waals surface area contributed by atoms with Crippen LogP contribution in [0.5, 0.6) is 0 Å². The maximum Gasteiger partial charge on any atom is 0.271 e. The lowest BCUT2D eigenvalue weighted by Crippen LogP contribution is -2.30. The number of nitrogens with one attached hydrogen (secondary N) is 2. The van der Waals surface area contributed by atoms with Crippen LogP contribution in [0.3, 0.4) is 0 Å². The molecule has 2 aromatic carbocycles. The summed E-state index contributed by atoms with van der Waals surface area (Å²) in [4.78, 5) is 27.8. The molecule has 1 aromatic heterocycles. The number of amides is 1. The first kappa shape index (κ1) is 25.0.